The Morgan fingerprint density at radius 1 is 1.68 bits per heavy atom. The normalized spacial score (nSPS) is 11.5. The zero-order valence-electron chi connectivity index (χ0n) is 11.3. The molecule has 19 heavy (non-hydrogen) atoms. The predicted molar refractivity (Wildman–Crippen MR) is 77.9 cm³/mol. The number of halogens is 1. The van der Waals surface area contributed by atoms with Gasteiger partial charge in [-0.2, -0.15) is 5.26 Å². The molecule has 0 saturated carbocycles. The van der Waals surface area contributed by atoms with Crippen LogP contribution in [0.3, 0.4) is 0 Å². The molecule has 1 aromatic rings. The van der Waals surface area contributed by atoms with Gasteiger partial charge in [0.05, 0.1) is 18.1 Å². The van der Waals surface area contributed by atoms with Gasteiger partial charge in [-0.1, -0.05) is 0 Å². The summed E-state index contributed by atoms with van der Waals surface area (Å²) in [6.07, 6.45) is 1.95. The Labute approximate surface area is 121 Å². The third kappa shape index (κ3) is 3.93. The minimum absolute atomic E-state index is 0.133. The number of aromatic nitrogens is 1. The van der Waals surface area contributed by atoms with Crippen LogP contribution >= 0.6 is 15.9 Å². The van der Waals surface area contributed by atoms with Crippen LogP contribution in [0.1, 0.15) is 30.6 Å². The summed E-state index contributed by atoms with van der Waals surface area (Å²) in [5.41, 5.74) is 0.503. The molecule has 0 fully saturated rings. The molecular weight excluding hydrogens is 308 g/mol. The lowest BCUT2D eigenvalue weighted by Crippen LogP contribution is -2.35. The lowest BCUT2D eigenvalue weighted by atomic mass is 10.1. The zero-order chi connectivity index (χ0) is 14.4. The molecule has 0 spiro atoms. The summed E-state index contributed by atoms with van der Waals surface area (Å²) in [4.78, 5) is 18.2. The van der Waals surface area contributed by atoms with Crippen molar-refractivity contribution in [2.75, 3.05) is 18.9 Å². The first-order chi connectivity index (χ1) is 9.01. The summed E-state index contributed by atoms with van der Waals surface area (Å²) < 4.78 is 0.749. The zero-order valence-corrected chi connectivity index (χ0v) is 12.9. The lowest BCUT2D eigenvalue weighted by Gasteiger charge is -2.24. The number of carbonyl (C=O) groups excluding carboxylic acids is 1. The molecular formula is C13H17BrN4O. The first kappa shape index (κ1) is 15.4. The predicted octanol–water partition coefficient (Wildman–Crippen LogP) is 2.65. The highest BCUT2D eigenvalue weighted by molar-refractivity contribution is 9.10. The molecule has 1 aromatic heterocycles. The Morgan fingerprint density at radius 3 is 2.95 bits per heavy atom. The first-order valence-corrected chi connectivity index (χ1v) is 6.84. The van der Waals surface area contributed by atoms with E-state index in [1.165, 1.54) is 0 Å². The third-order valence-electron chi connectivity index (χ3n) is 2.80. The molecule has 0 bridgehead atoms. The van der Waals surface area contributed by atoms with Crippen LogP contribution in [0.5, 0.6) is 0 Å². The van der Waals surface area contributed by atoms with Gasteiger partial charge in [0, 0.05) is 30.3 Å². The van der Waals surface area contributed by atoms with E-state index in [2.05, 4.69) is 32.3 Å². The van der Waals surface area contributed by atoms with Gasteiger partial charge in [0.25, 0.3) is 5.91 Å². The van der Waals surface area contributed by atoms with E-state index in [1.54, 1.807) is 24.2 Å². The summed E-state index contributed by atoms with van der Waals surface area (Å²) in [7, 11) is 1.70. The molecule has 1 unspecified atom stereocenters. The van der Waals surface area contributed by atoms with Gasteiger partial charge < -0.3 is 10.2 Å². The van der Waals surface area contributed by atoms with Crippen molar-refractivity contribution >= 4 is 27.7 Å². The van der Waals surface area contributed by atoms with Gasteiger partial charge in [-0.15, -0.1) is 0 Å². The first-order valence-electron chi connectivity index (χ1n) is 6.04. The molecule has 5 nitrogen and oxygen atoms in total. The number of nitriles is 1. The van der Waals surface area contributed by atoms with Crippen molar-refractivity contribution in [2.45, 2.75) is 26.3 Å². The Kier molecular flexibility index (Phi) is 5.77. The number of amides is 1. The van der Waals surface area contributed by atoms with Crippen LogP contribution in [0.25, 0.3) is 0 Å². The van der Waals surface area contributed by atoms with Crippen LogP contribution in [0, 0.1) is 11.3 Å². The smallest absolute Gasteiger partial charge is 0.257 e. The van der Waals surface area contributed by atoms with Crippen LogP contribution in [0.15, 0.2) is 16.7 Å². The third-order valence-corrected chi connectivity index (χ3v) is 3.23. The van der Waals surface area contributed by atoms with E-state index in [9.17, 15) is 4.79 Å². The number of nitrogens with zero attached hydrogens (tertiary/aromatic N) is 3. The number of anilines is 1. The van der Waals surface area contributed by atoms with Crippen LogP contribution in [0.2, 0.25) is 0 Å². The van der Waals surface area contributed by atoms with E-state index >= 15 is 0 Å². The molecule has 0 aromatic carbocycles. The molecule has 1 heterocycles. The lowest BCUT2D eigenvalue weighted by molar-refractivity contribution is 0.0747. The molecule has 1 N–H and O–H groups in total. The average Bonchev–Trinajstić information content (AvgIpc) is 2.39. The Hall–Kier alpha value is -1.61. The van der Waals surface area contributed by atoms with Crippen molar-refractivity contribution in [2.24, 2.45) is 0 Å². The van der Waals surface area contributed by atoms with Gasteiger partial charge in [0.15, 0.2) is 0 Å². The summed E-state index contributed by atoms with van der Waals surface area (Å²) in [5.74, 6) is 0.416. The monoisotopic (exact) mass is 324 g/mol. The van der Waals surface area contributed by atoms with Gasteiger partial charge in [0.2, 0.25) is 0 Å². The minimum Gasteiger partial charge on any atom is -0.370 e. The number of hydrogen-bond donors (Lipinski definition) is 1. The summed E-state index contributed by atoms with van der Waals surface area (Å²) in [6.45, 7) is 4.48. The van der Waals surface area contributed by atoms with Crippen LogP contribution in [-0.2, 0) is 0 Å². The molecule has 1 atom stereocenters. The van der Waals surface area contributed by atoms with Crippen LogP contribution < -0.4 is 5.32 Å². The van der Waals surface area contributed by atoms with Crippen LogP contribution in [-0.4, -0.2) is 35.4 Å². The summed E-state index contributed by atoms with van der Waals surface area (Å²) in [5, 5.41) is 11.8. The average molecular weight is 325 g/mol. The molecule has 0 aliphatic heterocycles. The molecule has 6 heteroatoms. The number of nitrogens with one attached hydrogen (secondary N) is 1. The van der Waals surface area contributed by atoms with Crippen molar-refractivity contribution in [1.29, 1.82) is 5.26 Å². The van der Waals surface area contributed by atoms with Gasteiger partial charge >= 0.3 is 0 Å². The highest BCUT2D eigenvalue weighted by atomic mass is 79.9. The van der Waals surface area contributed by atoms with E-state index < -0.39 is 0 Å². The number of hydrogen-bond acceptors (Lipinski definition) is 4. The number of rotatable bonds is 5. The van der Waals surface area contributed by atoms with Crippen molar-refractivity contribution in [1.82, 2.24) is 9.88 Å². The van der Waals surface area contributed by atoms with E-state index in [0.29, 0.717) is 24.3 Å². The molecule has 0 aliphatic carbocycles. The highest BCUT2D eigenvalue weighted by Crippen LogP contribution is 2.20. The second-order valence-corrected chi connectivity index (χ2v) is 5.12. The topological polar surface area (TPSA) is 69.0 Å². The SMILES string of the molecule is CCNc1ncc(Br)cc1C(=O)N(C)C(C)CC#N. The fourth-order valence-electron chi connectivity index (χ4n) is 1.57. The minimum atomic E-state index is -0.146. The van der Waals surface area contributed by atoms with Crippen LogP contribution in [0.4, 0.5) is 5.82 Å². The van der Waals surface area contributed by atoms with Crippen molar-refractivity contribution in [3.8, 4) is 6.07 Å². The standard InChI is InChI=1S/C13H17BrN4O/c1-4-16-12-11(7-10(14)8-17-12)13(19)18(3)9(2)5-6-15/h7-9H,4-5H2,1-3H3,(H,16,17). The van der Waals surface area contributed by atoms with E-state index in [0.717, 1.165) is 4.47 Å². The number of carbonyl (C=O) groups is 1. The fourth-order valence-corrected chi connectivity index (χ4v) is 1.90. The fraction of sp³-hybridized carbons (Fsp3) is 0.462. The molecule has 0 radical (unpaired) electrons. The van der Waals surface area contributed by atoms with Gasteiger partial charge in [-0.3, -0.25) is 4.79 Å². The maximum absolute atomic E-state index is 12.4. The van der Waals surface area contributed by atoms with Crippen molar-refractivity contribution in [3.05, 3.63) is 22.3 Å². The van der Waals surface area contributed by atoms with Gasteiger partial charge in [-0.05, 0) is 35.8 Å². The Morgan fingerprint density at radius 2 is 2.37 bits per heavy atom. The molecule has 0 aliphatic rings. The maximum atomic E-state index is 12.4. The summed E-state index contributed by atoms with van der Waals surface area (Å²) in [6, 6.07) is 3.68. The second kappa shape index (κ2) is 7.10. The van der Waals surface area contributed by atoms with E-state index in [4.69, 9.17) is 5.26 Å². The quantitative estimate of drug-likeness (QED) is 0.904. The van der Waals surface area contributed by atoms with Gasteiger partial charge in [0.1, 0.15) is 5.82 Å². The Bertz CT molecular complexity index is 498. The largest absolute Gasteiger partial charge is 0.370 e. The maximum Gasteiger partial charge on any atom is 0.257 e. The highest BCUT2D eigenvalue weighted by Gasteiger charge is 2.21. The van der Waals surface area contributed by atoms with Gasteiger partial charge in [-0.25, -0.2) is 4.98 Å². The second-order valence-electron chi connectivity index (χ2n) is 4.21. The summed E-state index contributed by atoms with van der Waals surface area (Å²) >= 11 is 3.32. The van der Waals surface area contributed by atoms with Crippen molar-refractivity contribution < 1.29 is 4.79 Å². The van der Waals surface area contributed by atoms with Crippen molar-refractivity contribution in [3.63, 3.8) is 0 Å². The number of pyridine rings is 1. The Balaban J connectivity index is 3.04. The molecule has 1 rings (SSSR count). The molecule has 102 valence electrons. The molecule has 0 saturated heterocycles. The molecule has 1 amide bonds. The van der Waals surface area contributed by atoms with E-state index in [1.807, 2.05) is 13.8 Å². The van der Waals surface area contributed by atoms with E-state index in [-0.39, 0.29) is 11.9 Å².